The maximum absolute atomic E-state index is 12.8. The molecule has 0 radical (unpaired) electrons. The highest BCUT2D eigenvalue weighted by Crippen LogP contribution is 2.60. The Bertz CT molecular complexity index is 2000. The number of aliphatic hydroxyl groups is 3. The molecule has 2 heterocycles. The minimum atomic E-state index is -5.45. The van der Waals surface area contributed by atoms with E-state index in [9.17, 15) is 48.6 Å². The predicted octanol–water partition coefficient (Wildman–Crippen LogP) is 8.94. The average Bonchev–Trinajstić information content (AvgIpc) is 3.59. The van der Waals surface area contributed by atoms with E-state index in [1.54, 1.807) is 12.2 Å². The molecule has 2 rings (SSSR count). The number of nitrogen functional groups attached to an aromatic ring is 1. The summed E-state index contributed by atoms with van der Waals surface area (Å²) in [6, 6.07) is 1.24. The third-order valence-corrected chi connectivity index (χ3v) is 13.4. The number of aliphatic hydroxyl groups excluding tert-OH is 3. The second-order valence-corrected chi connectivity index (χ2v) is 20.7. The number of phosphoric ester groups is 2. The minimum absolute atomic E-state index is 0.0931. The van der Waals surface area contributed by atoms with E-state index < -0.39 is 89.8 Å². The summed E-state index contributed by atoms with van der Waals surface area (Å²) < 4.78 is 56.6. The molecular weight excluding hydrogens is 961 g/mol. The zero-order valence-corrected chi connectivity index (χ0v) is 43.6. The van der Waals surface area contributed by atoms with Crippen molar-refractivity contribution < 1.29 is 71.4 Å². The number of rotatable bonds is 39. The van der Waals surface area contributed by atoms with Crippen molar-refractivity contribution >= 4 is 33.4 Å². The second-order valence-electron chi connectivity index (χ2n) is 17.6. The number of anilines is 1. The van der Waals surface area contributed by atoms with Gasteiger partial charge in [-0.15, -0.1) is 0 Å². The van der Waals surface area contributed by atoms with Crippen molar-refractivity contribution in [3.8, 4) is 0 Å². The average molecular weight is 1040 g/mol. The van der Waals surface area contributed by atoms with Gasteiger partial charge in [0.15, 0.2) is 12.3 Å². The fraction of sp³-hybridized carbons (Fsp3) is 0.640. The largest absolute Gasteiger partial charge is 0.481 e. The maximum Gasteiger partial charge on any atom is 0.481 e. The molecule has 1 fully saturated rings. The van der Waals surface area contributed by atoms with Gasteiger partial charge in [-0.3, -0.25) is 23.2 Å². The molecule has 0 bridgehead atoms. The Kier molecular flexibility index (Phi) is 33.0. The standard InChI is InChI=1S/C50H81N3O16P2/c1-4-5-25-31-41(54)32-27-22-18-14-9-7-6-8-10-16-20-24-29-34-46(56)67-42(37-64-45(55)33-28-23-19-15-12-11-13-17-21-26-30-40(2)3)38-65-70(60,61)69-71(62,63)66-39-43-47(57)48(58)49(68-43)53-36-35-44(51)52-50(53)59/h5,7-10,18,20,22,24-25,27,32,35-36,40-43,47-49,54,57-58H,4,6,11-17,19,21,23,26,28-31,33-34,37-39H2,1-3H3,(H,60,61)(H,62,63)(H2,51,52,59)/b9-7-,10-8-,22-18+,24-20-,25-5-,32-27+/t41?,42-,43-,47-,48-,49-/m1/s1. The monoisotopic (exact) mass is 1040 g/mol. The molecule has 0 spiro atoms. The van der Waals surface area contributed by atoms with Crippen molar-refractivity contribution in [1.82, 2.24) is 9.55 Å². The van der Waals surface area contributed by atoms with Gasteiger partial charge >= 0.3 is 33.3 Å². The van der Waals surface area contributed by atoms with E-state index in [1.807, 2.05) is 67.7 Å². The number of carbonyl (C=O) groups is 2. The number of nitrogens with two attached hydrogens (primary N) is 1. The van der Waals surface area contributed by atoms with Crippen LogP contribution < -0.4 is 11.4 Å². The summed E-state index contributed by atoms with van der Waals surface area (Å²) in [7, 11) is -10.9. The number of ether oxygens (including phenoxy) is 3. The van der Waals surface area contributed by atoms with E-state index in [1.165, 1.54) is 44.6 Å². The van der Waals surface area contributed by atoms with Crippen LogP contribution in [0.4, 0.5) is 5.82 Å². The molecule has 21 heteroatoms. The van der Waals surface area contributed by atoms with Crippen molar-refractivity contribution in [3.05, 3.63) is 95.7 Å². The smallest absolute Gasteiger partial charge is 0.462 e. The molecule has 3 unspecified atom stereocenters. The number of allylic oxidation sites excluding steroid dienone is 10. The lowest BCUT2D eigenvalue weighted by molar-refractivity contribution is -0.161. The zero-order valence-electron chi connectivity index (χ0n) is 41.8. The first kappa shape index (κ1) is 63.3. The van der Waals surface area contributed by atoms with Gasteiger partial charge in [-0.2, -0.15) is 9.29 Å². The Balaban J connectivity index is 1.85. The van der Waals surface area contributed by atoms with Crippen LogP contribution in [-0.2, 0) is 46.3 Å². The molecule has 1 aliphatic rings. The van der Waals surface area contributed by atoms with E-state index in [-0.39, 0.29) is 18.7 Å². The molecule has 0 aromatic carbocycles. The van der Waals surface area contributed by atoms with Crippen LogP contribution in [0.3, 0.4) is 0 Å². The van der Waals surface area contributed by atoms with Crippen molar-refractivity contribution in [2.75, 3.05) is 25.6 Å². The van der Waals surface area contributed by atoms with Crippen molar-refractivity contribution in [2.45, 2.75) is 180 Å². The van der Waals surface area contributed by atoms with Gasteiger partial charge in [0.05, 0.1) is 19.3 Å². The lowest BCUT2D eigenvalue weighted by atomic mass is 10.0. The molecule has 1 saturated heterocycles. The Labute approximate surface area is 419 Å². The molecule has 8 atom stereocenters. The Morgan fingerprint density at radius 2 is 1.39 bits per heavy atom. The molecule has 7 N–H and O–H groups in total. The third-order valence-electron chi connectivity index (χ3n) is 10.8. The number of hydrogen-bond acceptors (Lipinski definition) is 16. The molecule has 19 nitrogen and oxygen atoms in total. The van der Waals surface area contributed by atoms with Gasteiger partial charge in [0.1, 0.15) is 30.7 Å². The number of phosphoric acid groups is 2. The highest BCUT2D eigenvalue weighted by molar-refractivity contribution is 7.61. The number of unbranched alkanes of at least 4 members (excludes halogenated alkanes) is 9. The van der Waals surface area contributed by atoms with E-state index in [2.05, 4.69) is 23.1 Å². The quantitative estimate of drug-likeness (QED) is 0.0118. The number of hydrogen-bond donors (Lipinski definition) is 6. The lowest BCUT2D eigenvalue weighted by Gasteiger charge is -2.21. The van der Waals surface area contributed by atoms with Gasteiger partial charge in [-0.25, -0.2) is 13.9 Å². The van der Waals surface area contributed by atoms with Gasteiger partial charge in [-0.05, 0) is 56.9 Å². The first-order valence-electron chi connectivity index (χ1n) is 24.9. The summed E-state index contributed by atoms with van der Waals surface area (Å²) >= 11 is 0. The van der Waals surface area contributed by atoms with Crippen LogP contribution in [0.5, 0.6) is 0 Å². The molecule has 71 heavy (non-hydrogen) atoms. The van der Waals surface area contributed by atoms with E-state index in [4.69, 9.17) is 29.0 Å². The molecule has 0 aliphatic carbocycles. The topological polar surface area (TPSA) is 286 Å². The van der Waals surface area contributed by atoms with Gasteiger partial charge in [0.2, 0.25) is 0 Å². The van der Waals surface area contributed by atoms with Gasteiger partial charge < -0.3 is 45.1 Å². The van der Waals surface area contributed by atoms with Crippen LogP contribution in [-0.4, -0.2) is 96.9 Å². The fourth-order valence-electron chi connectivity index (χ4n) is 6.96. The predicted molar refractivity (Wildman–Crippen MR) is 271 cm³/mol. The summed E-state index contributed by atoms with van der Waals surface area (Å²) in [5.74, 6) is -0.682. The Hall–Kier alpha value is -3.84. The van der Waals surface area contributed by atoms with E-state index in [0.717, 1.165) is 61.6 Å². The van der Waals surface area contributed by atoms with Crippen LogP contribution in [0.1, 0.15) is 149 Å². The van der Waals surface area contributed by atoms with Gasteiger partial charge in [-0.1, -0.05) is 158 Å². The van der Waals surface area contributed by atoms with E-state index >= 15 is 0 Å². The van der Waals surface area contributed by atoms with Crippen molar-refractivity contribution in [3.63, 3.8) is 0 Å². The van der Waals surface area contributed by atoms with Gasteiger partial charge in [0, 0.05) is 19.0 Å². The molecule has 0 saturated carbocycles. The van der Waals surface area contributed by atoms with Crippen LogP contribution in [0.15, 0.2) is 90.0 Å². The molecule has 0 amide bonds. The normalized spacial score (nSPS) is 20.3. The SMILES string of the molecule is CC/C=C\CC(O)/C=C/C=C/C/C=C\C/C=C\C/C=C\CCC(=O)O[C@H](COC(=O)CCCCCCCCCCCCC(C)C)COP(=O)(O)OP(=O)(O)OC[C@H]1O[C@@H](n2ccc(N)nc2=O)[C@H](O)[C@@H]1O. The zero-order chi connectivity index (χ0) is 52.3. The van der Waals surface area contributed by atoms with Crippen LogP contribution in [0, 0.1) is 5.92 Å². The van der Waals surface area contributed by atoms with Crippen LogP contribution >= 0.6 is 15.6 Å². The van der Waals surface area contributed by atoms with E-state index in [0.29, 0.717) is 25.7 Å². The molecular formula is C50H81N3O16P2. The molecule has 1 aromatic heterocycles. The molecule has 402 valence electrons. The highest BCUT2D eigenvalue weighted by atomic mass is 31.3. The van der Waals surface area contributed by atoms with Crippen molar-refractivity contribution in [2.24, 2.45) is 5.92 Å². The first-order valence-corrected chi connectivity index (χ1v) is 27.9. The third kappa shape index (κ3) is 30.7. The lowest BCUT2D eigenvalue weighted by Crippen LogP contribution is -2.36. The van der Waals surface area contributed by atoms with Gasteiger partial charge in [0.25, 0.3) is 0 Å². The second kappa shape index (κ2) is 37.0. The minimum Gasteiger partial charge on any atom is -0.462 e. The van der Waals surface area contributed by atoms with Crippen LogP contribution in [0.25, 0.3) is 0 Å². The van der Waals surface area contributed by atoms with Crippen LogP contribution in [0.2, 0.25) is 0 Å². The molecule has 1 aromatic rings. The summed E-state index contributed by atoms with van der Waals surface area (Å²) in [5, 5.41) is 30.8. The number of carbonyl (C=O) groups excluding carboxylic acids is 2. The summed E-state index contributed by atoms with van der Waals surface area (Å²) in [5.41, 5.74) is 4.57. The highest BCUT2D eigenvalue weighted by Gasteiger charge is 2.46. The Morgan fingerprint density at radius 1 is 0.789 bits per heavy atom. The summed E-state index contributed by atoms with van der Waals surface area (Å²) in [6.07, 6.45) is 32.0. The number of nitrogens with zero attached hydrogens (tertiary/aromatic N) is 2. The summed E-state index contributed by atoms with van der Waals surface area (Å²) in [6.45, 7) is 4.14. The molecule has 1 aliphatic heterocycles. The maximum atomic E-state index is 12.8. The fourth-order valence-corrected chi connectivity index (χ4v) is 9.07. The summed E-state index contributed by atoms with van der Waals surface area (Å²) in [4.78, 5) is 61.8. The number of esters is 2. The Morgan fingerprint density at radius 3 is 2.03 bits per heavy atom. The first-order chi connectivity index (χ1) is 33.9. The van der Waals surface area contributed by atoms with Crippen molar-refractivity contribution in [1.29, 1.82) is 0 Å². The number of aromatic nitrogens is 2.